The number of benzene rings is 1. The summed E-state index contributed by atoms with van der Waals surface area (Å²) in [5.41, 5.74) is 3.21. The summed E-state index contributed by atoms with van der Waals surface area (Å²) >= 11 is 0. The Labute approximate surface area is 102 Å². The highest BCUT2D eigenvalue weighted by atomic mass is 16.5. The minimum absolute atomic E-state index is 0.899. The van der Waals surface area contributed by atoms with Gasteiger partial charge in [0, 0.05) is 36.9 Å². The largest absolute Gasteiger partial charge is 0.496 e. The molecule has 3 heteroatoms. The molecule has 3 nitrogen and oxygen atoms in total. The zero-order valence-electron chi connectivity index (χ0n) is 10.8. The van der Waals surface area contributed by atoms with E-state index >= 15 is 0 Å². The Kier molecular flexibility index (Phi) is 3.18. The summed E-state index contributed by atoms with van der Waals surface area (Å²) in [4.78, 5) is 6.68. The quantitative estimate of drug-likeness (QED) is 0.810. The van der Waals surface area contributed by atoms with Gasteiger partial charge in [-0.05, 0) is 24.6 Å². The van der Waals surface area contributed by atoms with Crippen LogP contribution in [0.4, 0.5) is 5.69 Å². The number of aryl methyl sites for hydroxylation is 1. The van der Waals surface area contributed by atoms with E-state index < -0.39 is 0 Å². The van der Waals surface area contributed by atoms with Crippen LogP contribution in [-0.4, -0.2) is 26.2 Å². The van der Waals surface area contributed by atoms with Crippen LogP contribution in [0.5, 0.6) is 5.75 Å². The molecule has 17 heavy (non-hydrogen) atoms. The Balaban J connectivity index is 2.67. The van der Waals surface area contributed by atoms with Gasteiger partial charge >= 0.3 is 0 Å². The van der Waals surface area contributed by atoms with E-state index in [2.05, 4.69) is 28.9 Å². The van der Waals surface area contributed by atoms with Crippen LogP contribution in [0.1, 0.15) is 12.6 Å². The standard InChI is InChI=1S/C14H18N2O/c1-5-10-8-14(17-4)12-9-11(16(2)3)6-7-13(12)15-10/h6-9H,5H2,1-4H3. The van der Waals surface area contributed by atoms with Crippen molar-refractivity contribution in [1.82, 2.24) is 4.98 Å². The maximum atomic E-state index is 5.45. The summed E-state index contributed by atoms with van der Waals surface area (Å²) in [6, 6.07) is 8.25. The van der Waals surface area contributed by atoms with Gasteiger partial charge in [0.2, 0.25) is 0 Å². The molecular weight excluding hydrogens is 212 g/mol. The Hall–Kier alpha value is -1.77. The summed E-state index contributed by atoms with van der Waals surface area (Å²) in [7, 11) is 5.76. The second kappa shape index (κ2) is 4.62. The highest BCUT2D eigenvalue weighted by molar-refractivity contribution is 5.88. The maximum absolute atomic E-state index is 5.45. The number of aromatic nitrogens is 1. The van der Waals surface area contributed by atoms with Gasteiger partial charge in [-0.15, -0.1) is 0 Å². The lowest BCUT2D eigenvalue weighted by Crippen LogP contribution is -2.08. The molecule has 0 saturated carbocycles. The average molecular weight is 230 g/mol. The Morgan fingerprint density at radius 3 is 2.59 bits per heavy atom. The van der Waals surface area contributed by atoms with Crippen molar-refractivity contribution in [1.29, 1.82) is 0 Å². The molecule has 0 aliphatic heterocycles. The fraction of sp³-hybridized carbons (Fsp3) is 0.357. The average Bonchev–Trinajstić information content (AvgIpc) is 2.36. The summed E-state index contributed by atoms with van der Waals surface area (Å²) < 4.78 is 5.45. The molecule has 0 N–H and O–H groups in total. The van der Waals surface area contributed by atoms with Crippen molar-refractivity contribution < 1.29 is 4.74 Å². The van der Waals surface area contributed by atoms with Crippen molar-refractivity contribution >= 4 is 16.6 Å². The molecule has 0 radical (unpaired) electrons. The number of fused-ring (bicyclic) bond motifs is 1. The highest BCUT2D eigenvalue weighted by Gasteiger charge is 2.07. The van der Waals surface area contributed by atoms with Gasteiger partial charge in [0.15, 0.2) is 0 Å². The van der Waals surface area contributed by atoms with Gasteiger partial charge in [0.25, 0.3) is 0 Å². The molecule has 0 saturated heterocycles. The zero-order chi connectivity index (χ0) is 12.4. The third kappa shape index (κ3) is 2.18. The predicted molar refractivity (Wildman–Crippen MR) is 72.0 cm³/mol. The van der Waals surface area contributed by atoms with E-state index in [0.29, 0.717) is 0 Å². The molecule has 0 amide bonds. The van der Waals surface area contributed by atoms with Crippen LogP contribution in [0.3, 0.4) is 0 Å². The van der Waals surface area contributed by atoms with E-state index in [1.165, 1.54) is 0 Å². The molecule has 0 unspecified atom stereocenters. The van der Waals surface area contributed by atoms with Gasteiger partial charge in [0.05, 0.1) is 12.6 Å². The summed E-state index contributed by atoms with van der Waals surface area (Å²) in [6.07, 6.45) is 0.918. The summed E-state index contributed by atoms with van der Waals surface area (Å²) in [5.74, 6) is 0.899. The second-order valence-corrected chi connectivity index (χ2v) is 4.27. The third-order valence-corrected chi connectivity index (χ3v) is 2.91. The van der Waals surface area contributed by atoms with Gasteiger partial charge in [-0.3, -0.25) is 4.98 Å². The molecule has 2 aromatic rings. The topological polar surface area (TPSA) is 25.4 Å². The summed E-state index contributed by atoms with van der Waals surface area (Å²) in [6.45, 7) is 2.10. The third-order valence-electron chi connectivity index (χ3n) is 2.91. The number of ether oxygens (including phenoxy) is 1. The minimum atomic E-state index is 0.899. The SMILES string of the molecule is CCc1cc(OC)c2cc(N(C)C)ccc2n1. The van der Waals surface area contributed by atoms with Crippen LogP contribution in [0.25, 0.3) is 10.9 Å². The lowest BCUT2D eigenvalue weighted by molar-refractivity contribution is 0.419. The van der Waals surface area contributed by atoms with E-state index in [9.17, 15) is 0 Å². The van der Waals surface area contributed by atoms with Crippen LogP contribution in [0.15, 0.2) is 24.3 Å². The first kappa shape index (κ1) is 11.7. The van der Waals surface area contributed by atoms with E-state index in [4.69, 9.17) is 4.74 Å². The first-order valence-electron chi connectivity index (χ1n) is 5.80. The molecular formula is C14H18N2O. The molecule has 0 fully saturated rings. The highest BCUT2D eigenvalue weighted by Crippen LogP contribution is 2.28. The normalized spacial score (nSPS) is 10.6. The van der Waals surface area contributed by atoms with E-state index in [1.54, 1.807) is 7.11 Å². The van der Waals surface area contributed by atoms with Crippen molar-refractivity contribution in [2.45, 2.75) is 13.3 Å². The number of anilines is 1. The molecule has 0 aliphatic rings. The maximum Gasteiger partial charge on any atom is 0.130 e. The number of hydrogen-bond donors (Lipinski definition) is 0. The Morgan fingerprint density at radius 2 is 2.00 bits per heavy atom. The molecule has 0 atom stereocenters. The lowest BCUT2D eigenvalue weighted by atomic mass is 10.1. The van der Waals surface area contributed by atoms with Gasteiger partial charge in [0.1, 0.15) is 5.75 Å². The lowest BCUT2D eigenvalue weighted by Gasteiger charge is -2.14. The summed E-state index contributed by atoms with van der Waals surface area (Å²) in [5, 5.41) is 1.07. The monoisotopic (exact) mass is 230 g/mol. The minimum Gasteiger partial charge on any atom is -0.496 e. The first-order chi connectivity index (χ1) is 8.15. The van der Waals surface area contributed by atoms with Crippen LogP contribution in [-0.2, 0) is 6.42 Å². The van der Waals surface area contributed by atoms with Gasteiger partial charge in [-0.1, -0.05) is 6.92 Å². The fourth-order valence-corrected chi connectivity index (χ4v) is 1.86. The van der Waals surface area contributed by atoms with Crippen LogP contribution in [0.2, 0.25) is 0 Å². The molecule has 1 aromatic heterocycles. The van der Waals surface area contributed by atoms with Gasteiger partial charge < -0.3 is 9.64 Å². The Bertz CT molecular complexity index is 535. The first-order valence-corrected chi connectivity index (χ1v) is 5.80. The van der Waals surface area contributed by atoms with Crippen molar-refractivity contribution in [3.8, 4) is 5.75 Å². The van der Waals surface area contributed by atoms with Gasteiger partial charge in [-0.25, -0.2) is 0 Å². The number of pyridine rings is 1. The van der Waals surface area contributed by atoms with Crippen LogP contribution in [0, 0.1) is 0 Å². The van der Waals surface area contributed by atoms with E-state index in [-0.39, 0.29) is 0 Å². The second-order valence-electron chi connectivity index (χ2n) is 4.27. The van der Waals surface area contributed by atoms with Crippen molar-refractivity contribution in [2.75, 3.05) is 26.1 Å². The van der Waals surface area contributed by atoms with Crippen LogP contribution < -0.4 is 9.64 Å². The Morgan fingerprint density at radius 1 is 1.24 bits per heavy atom. The van der Waals surface area contributed by atoms with E-state index in [0.717, 1.165) is 34.5 Å². The van der Waals surface area contributed by atoms with E-state index in [1.807, 2.05) is 26.2 Å². The molecule has 0 spiro atoms. The molecule has 1 heterocycles. The van der Waals surface area contributed by atoms with Crippen molar-refractivity contribution in [3.05, 3.63) is 30.0 Å². The van der Waals surface area contributed by atoms with Crippen molar-refractivity contribution in [3.63, 3.8) is 0 Å². The smallest absolute Gasteiger partial charge is 0.130 e. The van der Waals surface area contributed by atoms with Crippen LogP contribution >= 0.6 is 0 Å². The molecule has 0 aliphatic carbocycles. The fourth-order valence-electron chi connectivity index (χ4n) is 1.86. The number of hydrogen-bond acceptors (Lipinski definition) is 3. The predicted octanol–water partition coefficient (Wildman–Crippen LogP) is 2.87. The zero-order valence-corrected chi connectivity index (χ0v) is 10.8. The molecule has 1 aromatic carbocycles. The molecule has 0 bridgehead atoms. The number of nitrogens with zero attached hydrogens (tertiary/aromatic N) is 2. The number of rotatable bonds is 3. The number of methoxy groups -OCH3 is 1. The molecule has 2 rings (SSSR count). The molecule has 90 valence electrons. The van der Waals surface area contributed by atoms with Crippen molar-refractivity contribution in [2.24, 2.45) is 0 Å². The van der Waals surface area contributed by atoms with Gasteiger partial charge in [-0.2, -0.15) is 0 Å².